The van der Waals surface area contributed by atoms with Crippen LogP contribution in [-0.2, 0) is 6.54 Å². The summed E-state index contributed by atoms with van der Waals surface area (Å²) in [7, 11) is 0. The van der Waals surface area contributed by atoms with Gasteiger partial charge in [-0.05, 0) is 13.0 Å². The lowest BCUT2D eigenvalue weighted by Crippen LogP contribution is -2.10. The molecule has 0 spiro atoms. The largest absolute Gasteiger partial charge is 0.296 e. The van der Waals surface area contributed by atoms with Crippen molar-refractivity contribution in [2.45, 2.75) is 13.5 Å². The molecule has 0 atom stereocenters. The SMILES string of the molecule is Cc1nc2n(c1C=O)-c1ccc([N+](=O)[O-])cc1C(c1ccccc1)=NC2. The predicted octanol–water partition coefficient (Wildman–Crippen LogP) is 3.25. The number of aliphatic imine (C=N–C) groups is 1. The quantitative estimate of drug-likeness (QED) is 0.413. The second kappa shape index (κ2) is 6.03. The number of nitrogens with zero attached hydrogens (tertiary/aromatic N) is 4. The fraction of sp³-hybridized carbons (Fsp3) is 0.105. The second-order valence-electron chi connectivity index (χ2n) is 5.94. The van der Waals surface area contributed by atoms with Crippen molar-refractivity contribution in [1.29, 1.82) is 0 Å². The minimum absolute atomic E-state index is 0.0275. The Morgan fingerprint density at radius 2 is 1.96 bits per heavy atom. The number of benzene rings is 2. The fourth-order valence-corrected chi connectivity index (χ4v) is 3.21. The minimum Gasteiger partial charge on any atom is -0.296 e. The summed E-state index contributed by atoms with van der Waals surface area (Å²) in [5.41, 5.74) is 3.77. The van der Waals surface area contributed by atoms with Crippen molar-refractivity contribution in [2.24, 2.45) is 4.99 Å². The molecule has 26 heavy (non-hydrogen) atoms. The van der Waals surface area contributed by atoms with Crippen molar-refractivity contribution in [1.82, 2.24) is 9.55 Å². The number of carbonyl (C=O) groups is 1. The number of hydrogen-bond acceptors (Lipinski definition) is 5. The Morgan fingerprint density at radius 3 is 2.65 bits per heavy atom. The Hall–Kier alpha value is -3.61. The molecule has 0 bridgehead atoms. The monoisotopic (exact) mass is 346 g/mol. The molecule has 2 aromatic carbocycles. The Morgan fingerprint density at radius 1 is 1.19 bits per heavy atom. The number of carbonyl (C=O) groups excluding carboxylic acids is 1. The number of aromatic nitrogens is 2. The molecular formula is C19H14N4O3. The smallest absolute Gasteiger partial charge is 0.270 e. The summed E-state index contributed by atoms with van der Waals surface area (Å²) in [5.74, 6) is 0.630. The van der Waals surface area contributed by atoms with Crippen molar-refractivity contribution in [3.63, 3.8) is 0 Å². The molecule has 1 aliphatic heterocycles. The Labute approximate surface area is 148 Å². The number of non-ortho nitro benzene ring substituents is 1. The van der Waals surface area contributed by atoms with Crippen LogP contribution in [0.4, 0.5) is 5.69 Å². The standard InChI is InChI=1S/C19H14N4O3/c1-12-17(11-24)22-16-8-7-14(23(25)26)9-15(16)19(20-10-18(22)21-12)13-5-3-2-4-6-13/h2-9,11H,10H2,1H3. The lowest BCUT2D eigenvalue weighted by atomic mass is 9.99. The molecule has 0 saturated heterocycles. The third-order valence-corrected chi connectivity index (χ3v) is 4.39. The molecule has 0 unspecified atom stereocenters. The van der Waals surface area contributed by atoms with Crippen LogP contribution >= 0.6 is 0 Å². The normalized spacial score (nSPS) is 12.6. The van der Waals surface area contributed by atoms with Crippen LogP contribution in [0, 0.1) is 17.0 Å². The van der Waals surface area contributed by atoms with E-state index in [9.17, 15) is 14.9 Å². The molecule has 0 amide bonds. The predicted molar refractivity (Wildman–Crippen MR) is 96.1 cm³/mol. The third-order valence-electron chi connectivity index (χ3n) is 4.39. The van der Waals surface area contributed by atoms with Crippen LogP contribution in [0.25, 0.3) is 5.69 Å². The van der Waals surface area contributed by atoms with E-state index in [2.05, 4.69) is 9.98 Å². The average Bonchev–Trinajstić information content (AvgIpc) is 2.88. The highest BCUT2D eigenvalue weighted by atomic mass is 16.6. The Bertz CT molecular complexity index is 1070. The molecule has 7 heteroatoms. The van der Waals surface area contributed by atoms with Crippen LogP contribution in [-0.4, -0.2) is 26.5 Å². The second-order valence-corrected chi connectivity index (χ2v) is 5.94. The van der Waals surface area contributed by atoms with Crippen molar-refractivity contribution >= 4 is 17.7 Å². The van der Waals surface area contributed by atoms with Gasteiger partial charge in [0.05, 0.1) is 28.6 Å². The highest BCUT2D eigenvalue weighted by Gasteiger charge is 2.25. The highest BCUT2D eigenvalue weighted by Crippen LogP contribution is 2.30. The molecule has 128 valence electrons. The van der Waals surface area contributed by atoms with Gasteiger partial charge in [-0.2, -0.15) is 0 Å². The van der Waals surface area contributed by atoms with E-state index in [4.69, 9.17) is 0 Å². The van der Waals surface area contributed by atoms with Crippen LogP contribution in [0.1, 0.15) is 33.1 Å². The van der Waals surface area contributed by atoms with E-state index in [-0.39, 0.29) is 12.2 Å². The zero-order valence-corrected chi connectivity index (χ0v) is 13.9. The molecule has 0 N–H and O–H groups in total. The summed E-state index contributed by atoms with van der Waals surface area (Å²) in [4.78, 5) is 31.6. The topological polar surface area (TPSA) is 90.4 Å². The maximum Gasteiger partial charge on any atom is 0.270 e. The summed E-state index contributed by atoms with van der Waals surface area (Å²) in [6.45, 7) is 2.04. The van der Waals surface area contributed by atoms with E-state index in [1.54, 1.807) is 17.6 Å². The van der Waals surface area contributed by atoms with Crippen molar-refractivity contribution < 1.29 is 9.72 Å². The molecule has 1 aliphatic rings. The van der Waals surface area contributed by atoms with E-state index < -0.39 is 4.92 Å². The van der Waals surface area contributed by atoms with Gasteiger partial charge in [-0.3, -0.25) is 24.5 Å². The lowest BCUT2D eigenvalue weighted by Gasteiger charge is -2.13. The maximum absolute atomic E-state index is 11.6. The van der Waals surface area contributed by atoms with Crippen LogP contribution in [0.15, 0.2) is 53.5 Å². The molecule has 0 fully saturated rings. The van der Waals surface area contributed by atoms with Crippen molar-refractivity contribution in [3.8, 4) is 5.69 Å². The van der Waals surface area contributed by atoms with Gasteiger partial charge in [-0.1, -0.05) is 30.3 Å². The van der Waals surface area contributed by atoms with Gasteiger partial charge in [0.2, 0.25) is 0 Å². The molecule has 2 heterocycles. The Balaban J connectivity index is 2.04. The van der Waals surface area contributed by atoms with Gasteiger partial charge in [0.1, 0.15) is 11.5 Å². The molecule has 3 aromatic rings. The molecule has 0 aliphatic carbocycles. The number of hydrogen-bond donors (Lipinski definition) is 0. The van der Waals surface area contributed by atoms with Gasteiger partial charge in [0.25, 0.3) is 5.69 Å². The molecule has 4 rings (SSSR count). The van der Waals surface area contributed by atoms with Crippen LogP contribution in [0.2, 0.25) is 0 Å². The molecule has 0 saturated carbocycles. The van der Waals surface area contributed by atoms with E-state index in [0.29, 0.717) is 34.2 Å². The highest BCUT2D eigenvalue weighted by molar-refractivity contribution is 6.15. The van der Waals surface area contributed by atoms with Crippen LogP contribution in [0.3, 0.4) is 0 Å². The molecular weight excluding hydrogens is 332 g/mol. The number of imidazole rings is 1. The molecule has 0 radical (unpaired) electrons. The zero-order chi connectivity index (χ0) is 18.3. The summed E-state index contributed by atoms with van der Waals surface area (Å²) >= 11 is 0. The van der Waals surface area contributed by atoms with Crippen molar-refractivity contribution in [2.75, 3.05) is 0 Å². The van der Waals surface area contributed by atoms with E-state index in [0.717, 1.165) is 11.8 Å². The number of aldehydes is 1. The van der Waals surface area contributed by atoms with Gasteiger partial charge in [-0.15, -0.1) is 0 Å². The van der Waals surface area contributed by atoms with E-state index in [1.807, 2.05) is 30.3 Å². The van der Waals surface area contributed by atoms with Crippen LogP contribution < -0.4 is 0 Å². The Kier molecular flexibility index (Phi) is 3.69. The summed E-state index contributed by atoms with van der Waals surface area (Å²) in [5, 5.41) is 11.3. The summed E-state index contributed by atoms with van der Waals surface area (Å²) in [6, 6.07) is 14.1. The minimum atomic E-state index is -0.436. The molecule has 7 nitrogen and oxygen atoms in total. The van der Waals surface area contributed by atoms with Gasteiger partial charge in [-0.25, -0.2) is 4.98 Å². The van der Waals surface area contributed by atoms with Crippen molar-refractivity contribution in [3.05, 3.63) is 87.0 Å². The number of nitro groups is 1. The molecule has 1 aromatic heterocycles. The van der Waals surface area contributed by atoms with Gasteiger partial charge in [0, 0.05) is 23.3 Å². The zero-order valence-electron chi connectivity index (χ0n) is 13.9. The third kappa shape index (κ3) is 2.41. The van der Waals surface area contributed by atoms with E-state index >= 15 is 0 Å². The first-order valence-corrected chi connectivity index (χ1v) is 8.02. The van der Waals surface area contributed by atoms with Gasteiger partial charge >= 0.3 is 0 Å². The first-order chi connectivity index (χ1) is 12.6. The number of aryl methyl sites for hydroxylation is 1. The fourth-order valence-electron chi connectivity index (χ4n) is 3.21. The van der Waals surface area contributed by atoms with Gasteiger partial charge in [0.15, 0.2) is 6.29 Å². The van der Waals surface area contributed by atoms with E-state index in [1.165, 1.54) is 12.1 Å². The first kappa shape index (κ1) is 15.9. The van der Waals surface area contributed by atoms with Gasteiger partial charge < -0.3 is 0 Å². The number of rotatable bonds is 3. The summed E-state index contributed by atoms with van der Waals surface area (Å²) < 4.78 is 1.74. The summed E-state index contributed by atoms with van der Waals surface area (Å²) in [6.07, 6.45) is 0.755. The maximum atomic E-state index is 11.6. The average molecular weight is 346 g/mol. The first-order valence-electron chi connectivity index (χ1n) is 8.02. The number of nitro benzene ring substituents is 1. The van der Waals surface area contributed by atoms with Crippen LogP contribution in [0.5, 0.6) is 0 Å². The lowest BCUT2D eigenvalue weighted by molar-refractivity contribution is -0.384. The number of fused-ring (bicyclic) bond motifs is 3.